The third-order valence-corrected chi connectivity index (χ3v) is 2.06. The van der Waals surface area contributed by atoms with E-state index in [1.165, 1.54) is 6.92 Å². The number of hydrogen-bond donors (Lipinski definition) is 4. The lowest BCUT2D eigenvalue weighted by Crippen LogP contribution is -2.39. The Morgan fingerprint density at radius 2 is 1.94 bits per heavy atom. The molecule has 5 nitrogen and oxygen atoms in total. The number of aliphatic hydroxyl groups is 2. The van der Waals surface area contributed by atoms with Gasteiger partial charge in [0.05, 0.1) is 12.6 Å². The minimum atomic E-state index is -1.34. The average molecular weight is 224 g/mol. The maximum atomic E-state index is 11.3. The highest BCUT2D eigenvalue weighted by atomic mass is 16.3. The van der Waals surface area contributed by atoms with Gasteiger partial charge in [-0.05, 0) is 19.1 Å². The molecule has 0 aliphatic carbocycles. The van der Waals surface area contributed by atoms with Gasteiger partial charge in [0, 0.05) is 5.69 Å². The van der Waals surface area contributed by atoms with Crippen LogP contribution in [0.5, 0.6) is 0 Å². The van der Waals surface area contributed by atoms with Gasteiger partial charge >= 0.3 is 0 Å². The van der Waals surface area contributed by atoms with E-state index in [2.05, 4.69) is 10.9 Å². The SMILES string of the molecule is C[C@H](O)[C@H](O)C(=O)CNNc1ccccc1. The molecule has 2 atom stereocenters. The van der Waals surface area contributed by atoms with E-state index in [4.69, 9.17) is 5.11 Å². The van der Waals surface area contributed by atoms with Crippen LogP contribution in [0.3, 0.4) is 0 Å². The molecule has 5 heteroatoms. The molecular weight excluding hydrogens is 208 g/mol. The number of rotatable bonds is 6. The van der Waals surface area contributed by atoms with Gasteiger partial charge in [0.2, 0.25) is 0 Å². The topological polar surface area (TPSA) is 81.6 Å². The van der Waals surface area contributed by atoms with Crippen LogP contribution in [-0.4, -0.2) is 34.7 Å². The van der Waals surface area contributed by atoms with Crippen molar-refractivity contribution >= 4 is 11.5 Å². The first kappa shape index (κ1) is 12.6. The molecule has 0 spiro atoms. The fourth-order valence-electron chi connectivity index (χ4n) is 1.13. The second-order valence-corrected chi connectivity index (χ2v) is 3.50. The molecule has 1 aromatic carbocycles. The van der Waals surface area contributed by atoms with Gasteiger partial charge in [-0.15, -0.1) is 0 Å². The summed E-state index contributed by atoms with van der Waals surface area (Å²) in [6.07, 6.45) is -2.39. The van der Waals surface area contributed by atoms with E-state index in [0.717, 1.165) is 5.69 Å². The van der Waals surface area contributed by atoms with Crippen LogP contribution in [0, 0.1) is 0 Å². The van der Waals surface area contributed by atoms with E-state index in [0.29, 0.717) is 0 Å². The number of anilines is 1. The van der Waals surface area contributed by atoms with E-state index in [1.54, 1.807) is 0 Å². The predicted octanol–water partition coefficient (Wildman–Crippen LogP) is -0.0861. The zero-order valence-electron chi connectivity index (χ0n) is 9.05. The number of hydrogen-bond acceptors (Lipinski definition) is 5. The van der Waals surface area contributed by atoms with Crippen LogP contribution >= 0.6 is 0 Å². The van der Waals surface area contributed by atoms with Gasteiger partial charge in [-0.1, -0.05) is 18.2 Å². The molecule has 0 saturated heterocycles. The van der Waals surface area contributed by atoms with Crippen LogP contribution in [0.15, 0.2) is 30.3 Å². The summed E-state index contributed by atoms with van der Waals surface area (Å²) in [5, 5.41) is 18.2. The number of aliphatic hydroxyl groups excluding tert-OH is 2. The molecule has 0 unspecified atom stereocenters. The maximum absolute atomic E-state index is 11.3. The third-order valence-electron chi connectivity index (χ3n) is 2.06. The van der Waals surface area contributed by atoms with Gasteiger partial charge < -0.3 is 15.6 Å². The fourth-order valence-corrected chi connectivity index (χ4v) is 1.13. The lowest BCUT2D eigenvalue weighted by atomic mass is 10.1. The Hall–Kier alpha value is -1.43. The van der Waals surface area contributed by atoms with E-state index in [-0.39, 0.29) is 6.54 Å². The van der Waals surface area contributed by atoms with E-state index >= 15 is 0 Å². The lowest BCUT2D eigenvalue weighted by molar-refractivity contribution is -0.131. The Morgan fingerprint density at radius 1 is 1.31 bits per heavy atom. The zero-order valence-corrected chi connectivity index (χ0v) is 9.05. The molecule has 16 heavy (non-hydrogen) atoms. The molecule has 1 aromatic rings. The molecule has 1 rings (SSSR count). The van der Waals surface area contributed by atoms with E-state index in [1.807, 2.05) is 30.3 Å². The van der Waals surface area contributed by atoms with Crippen molar-refractivity contribution in [1.82, 2.24) is 5.43 Å². The Morgan fingerprint density at radius 3 is 2.50 bits per heavy atom. The van der Waals surface area contributed by atoms with Gasteiger partial charge in [-0.2, -0.15) is 0 Å². The molecule has 0 fully saturated rings. The zero-order chi connectivity index (χ0) is 12.0. The van der Waals surface area contributed by atoms with Crippen molar-refractivity contribution in [2.24, 2.45) is 0 Å². The van der Waals surface area contributed by atoms with Crippen molar-refractivity contribution in [3.8, 4) is 0 Å². The Labute approximate surface area is 94.1 Å². The summed E-state index contributed by atoms with van der Waals surface area (Å²) in [5.41, 5.74) is 6.29. The quantitative estimate of drug-likeness (QED) is 0.508. The molecule has 0 bridgehead atoms. The van der Waals surface area contributed by atoms with Crippen LogP contribution in [0.1, 0.15) is 6.92 Å². The number of benzene rings is 1. The van der Waals surface area contributed by atoms with Crippen molar-refractivity contribution in [2.75, 3.05) is 12.0 Å². The molecule has 0 aliphatic heterocycles. The summed E-state index contributed by atoms with van der Waals surface area (Å²) in [6.45, 7) is 1.31. The van der Waals surface area contributed by atoms with Crippen LogP contribution in [0.25, 0.3) is 0 Å². The monoisotopic (exact) mass is 224 g/mol. The van der Waals surface area contributed by atoms with Gasteiger partial charge in [0.1, 0.15) is 6.10 Å². The molecule has 0 radical (unpaired) electrons. The largest absolute Gasteiger partial charge is 0.390 e. The van der Waals surface area contributed by atoms with Crippen LogP contribution < -0.4 is 10.9 Å². The summed E-state index contributed by atoms with van der Waals surface area (Å²) in [4.78, 5) is 11.3. The highest BCUT2D eigenvalue weighted by Gasteiger charge is 2.19. The number of carbonyl (C=O) groups excluding carboxylic acids is 1. The summed E-state index contributed by atoms with van der Waals surface area (Å²) < 4.78 is 0. The number of carbonyl (C=O) groups is 1. The summed E-state index contributed by atoms with van der Waals surface area (Å²) in [7, 11) is 0. The Kier molecular flexibility index (Phi) is 4.91. The van der Waals surface area contributed by atoms with Gasteiger partial charge in [-0.3, -0.25) is 4.79 Å². The number of Topliss-reactive ketones (excluding diaryl/α,β-unsaturated/α-hetero) is 1. The second kappa shape index (κ2) is 6.22. The first-order valence-corrected chi connectivity index (χ1v) is 5.04. The lowest BCUT2D eigenvalue weighted by Gasteiger charge is -2.13. The predicted molar refractivity (Wildman–Crippen MR) is 60.8 cm³/mol. The molecule has 0 aromatic heterocycles. The van der Waals surface area contributed by atoms with Crippen molar-refractivity contribution in [1.29, 1.82) is 0 Å². The number of para-hydroxylation sites is 1. The van der Waals surface area contributed by atoms with Crippen molar-refractivity contribution in [2.45, 2.75) is 19.1 Å². The first-order chi connectivity index (χ1) is 7.61. The first-order valence-electron chi connectivity index (χ1n) is 5.04. The van der Waals surface area contributed by atoms with Gasteiger partial charge in [0.15, 0.2) is 5.78 Å². The van der Waals surface area contributed by atoms with Crippen molar-refractivity contribution < 1.29 is 15.0 Å². The van der Waals surface area contributed by atoms with Crippen LogP contribution in [0.2, 0.25) is 0 Å². The van der Waals surface area contributed by atoms with Crippen LogP contribution in [0.4, 0.5) is 5.69 Å². The van der Waals surface area contributed by atoms with Crippen molar-refractivity contribution in [3.63, 3.8) is 0 Å². The highest BCUT2D eigenvalue weighted by molar-refractivity contribution is 5.85. The Bertz CT molecular complexity index is 327. The molecule has 0 heterocycles. The molecule has 0 amide bonds. The summed E-state index contributed by atoms with van der Waals surface area (Å²) in [6, 6.07) is 9.27. The van der Waals surface area contributed by atoms with Crippen molar-refractivity contribution in [3.05, 3.63) is 30.3 Å². The highest BCUT2D eigenvalue weighted by Crippen LogP contribution is 2.02. The number of nitrogens with one attached hydrogen (secondary N) is 2. The minimum Gasteiger partial charge on any atom is -0.390 e. The molecule has 4 N–H and O–H groups in total. The van der Waals surface area contributed by atoms with E-state index in [9.17, 15) is 9.90 Å². The molecule has 0 aliphatic rings. The third kappa shape index (κ3) is 3.98. The second-order valence-electron chi connectivity index (χ2n) is 3.50. The maximum Gasteiger partial charge on any atom is 0.179 e. The van der Waals surface area contributed by atoms with Gasteiger partial charge in [0.25, 0.3) is 0 Å². The van der Waals surface area contributed by atoms with Gasteiger partial charge in [-0.25, -0.2) is 5.43 Å². The smallest absolute Gasteiger partial charge is 0.179 e. The molecular formula is C11H16N2O3. The Balaban J connectivity index is 2.28. The van der Waals surface area contributed by atoms with Crippen LogP contribution in [-0.2, 0) is 4.79 Å². The minimum absolute atomic E-state index is 0.0546. The molecule has 0 saturated carbocycles. The summed E-state index contributed by atoms with van der Waals surface area (Å²) >= 11 is 0. The summed E-state index contributed by atoms with van der Waals surface area (Å²) in [5.74, 6) is -0.460. The van der Waals surface area contributed by atoms with E-state index < -0.39 is 18.0 Å². The molecule has 88 valence electrons. The fraction of sp³-hybridized carbons (Fsp3) is 0.364. The number of hydrazine groups is 1. The average Bonchev–Trinajstić information content (AvgIpc) is 2.29. The number of ketones is 1. The normalized spacial score (nSPS) is 14.2. The standard InChI is InChI=1S/C11H16N2O3/c1-8(14)11(16)10(15)7-12-13-9-5-3-2-4-6-9/h2-6,8,11-14,16H,7H2,1H3/t8-,11-/m0/s1.